The maximum Gasteiger partial charge on any atom is 0.417 e. The van der Waals surface area contributed by atoms with Crippen LogP contribution in [-0.2, 0) is 6.18 Å². The smallest absolute Gasteiger partial charge is 0.417 e. The third-order valence-corrected chi connectivity index (χ3v) is 7.23. The number of carbonyl (C=O) groups excluding carboxylic acids is 2. The third-order valence-electron chi connectivity index (χ3n) is 7.23. The minimum atomic E-state index is -4.86. The number of likely N-dealkylation sites (N-methyl/N-ethyl adjacent to an activating group) is 1. The standard InChI is InChI=1S/C31H29F4N5O5/c1-39-10-12-40(13-11-39)29(41)20-6-4-18(14-22(20)31(33,34)35)37-30(42)38-24-7-5-19(15-23(24)32)45-26-8-9-36-25-17-28(44-3)27(43-2)16-21(25)26/h4-9,14-17H,10-13H2,1-3H3,(H2,37,38,42). The van der Waals surface area contributed by atoms with Crippen molar-refractivity contribution in [1.82, 2.24) is 14.8 Å². The molecule has 1 saturated heterocycles. The van der Waals surface area contributed by atoms with Crippen molar-refractivity contribution in [3.8, 4) is 23.0 Å². The van der Waals surface area contributed by atoms with Crippen LogP contribution in [0.4, 0.5) is 33.7 Å². The number of anilines is 2. The molecule has 45 heavy (non-hydrogen) atoms. The van der Waals surface area contributed by atoms with Crippen LogP contribution in [0.25, 0.3) is 10.9 Å². The average Bonchev–Trinajstić information content (AvgIpc) is 3.01. The van der Waals surface area contributed by atoms with Gasteiger partial charge in [0.25, 0.3) is 5.91 Å². The molecule has 5 rings (SSSR count). The normalized spacial score (nSPS) is 13.8. The van der Waals surface area contributed by atoms with Gasteiger partial charge in [0.1, 0.15) is 17.3 Å². The highest BCUT2D eigenvalue weighted by Crippen LogP contribution is 2.38. The molecule has 1 aliphatic heterocycles. The predicted octanol–water partition coefficient (Wildman–Crippen LogP) is 6.23. The Morgan fingerprint density at radius 2 is 1.58 bits per heavy atom. The molecular weight excluding hydrogens is 598 g/mol. The molecule has 0 atom stereocenters. The fourth-order valence-corrected chi connectivity index (χ4v) is 4.83. The van der Waals surface area contributed by atoms with Crippen LogP contribution in [0.3, 0.4) is 0 Å². The lowest BCUT2D eigenvalue weighted by atomic mass is 10.0. The van der Waals surface area contributed by atoms with E-state index in [0.717, 1.165) is 12.1 Å². The molecule has 0 spiro atoms. The summed E-state index contributed by atoms with van der Waals surface area (Å²) in [6, 6.07) is 10.5. The average molecular weight is 628 g/mol. The van der Waals surface area contributed by atoms with Crippen molar-refractivity contribution in [2.45, 2.75) is 6.18 Å². The maximum absolute atomic E-state index is 15.0. The van der Waals surface area contributed by atoms with Crippen LogP contribution in [0, 0.1) is 5.82 Å². The van der Waals surface area contributed by atoms with Gasteiger partial charge in [-0.1, -0.05) is 0 Å². The van der Waals surface area contributed by atoms with Crippen LogP contribution in [0.2, 0.25) is 0 Å². The molecule has 10 nitrogen and oxygen atoms in total. The number of amides is 3. The van der Waals surface area contributed by atoms with Gasteiger partial charge in [-0.2, -0.15) is 13.2 Å². The number of carbonyl (C=O) groups is 2. The Morgan fingerprint density at radius 1 is 0.867 bits per heavy atom. The Balaban J connectivity index is 1.29. The summed E-state index contributed by atoms with van der Waals surface area (Å²) in [5.74, 6) is -0.221. The molecule has 0 radical (unpaired) electrons. The molecular formula is C31H29F4N5O5. The summed E-state index contributed by atoms with van der Waals surface area (Å²) in [6.45, 7) is 1.69. The number of rotatable bonds is 7. The summed E-state index contributed by atoms with van der Waals surface area (Å²) in [7, 11) is 4.85. The van der Waals surface area contributed by atoms with E-state index in [4.69, 9.17) is 14.2 Å². The first-order chi connectivity index (χ1) is 21.5. The largest absolute Gasteiger partial charge is 0.493 e. The van der Waals surface area contributed by atoms with Gasteiger partial charge < -0.3 is 34.6 Å². The van der Waals surface area contributed by atoms with Crippen LogP contribution in [0.15, 0.2) is 60.8 Å². The molecule has 0 aliphatic carbocycles. The predicted molar refractivity (Wildman–Crippen MR) is 159 cm³/mol. The van der Waals surface area contributed by atoms with Crippen molar-refractivity contribution in [3.05, 3.63) is 77.7 Å². The van der Waals surface area contributed by atoms with E-state index in [1.165, 1.54) is 43.5 Å². The highest BCUT2D eigenvalue weighted by atomic mass is 19.4. The van der Waals surface area contributed by atoms with E-state index in [2.05, 4.69) is 15.6 Å². The second-order valence-corrected chi connectivity index (χ2v) is 10.2. The van der Waals surface area contributed by atoms with Crippen LogP contribution in [0.5, 0.6) is 23.0 Å². The van der Waals surface area contributed by atoms with Crippen molar-refractivity contribution in [2.75, 3.05) is 58.1 Å². The van der Waals surface area contributed by atoms with Crippen molar-refractivity contribution in [1.29, 1.82) is 0 Å². The van der Waals surface area contributed by atoms with Crippen molar-refractivity contribution in [2.24, 2.45) is 0 Å². The van der Waals surface area contributed by atoms with E-state index >= 15 is 0 Å². The lowest BCUT2D eigenvalue weighted by Crippen LogP contribution is -2.47. The van der Waals surface area contributed by atoms with E-state index in [9.17, 15) is 27.2 Å². The first kappa shape index (κ1) is 31.3. The molecule has 3 aromatic carbocycles. The second-order valence-electron chi connectivity index (χ2n) is 10.2. The Bertz CT molecular complexity index is 1740. The summed E-state index contributed by atoms with van der Waals surface area (Å²) < 4.78 is 73.3. The monoisotopic (exact) mass is 627 g/mol. The fourth-order valence-electron chi connectivity index (χ4n) is 4.83. The Hall–Kier alpha value is -5.11. The van der Waals surface area contributed by atoms with Gasteiger partial charge in [0.2, 0.25) is 0 Å². The third kappa shape index (κ3) is 7.01. The number of halogens is 4. The summed E-state index contributed by atoms with van der Waals surface area (Å²) >= 11 is 0. The molecule has 1 aliphatic rings. The summed E-state index contributed by atoms with van der Waals surface area (Å²) in [5, 5.41) is 5.12. The number of alkyl halides is 3. The number of hydrogen-bond acceptors (Lipinski definition) is 7. The van der Waals surface area contributed by atoms with Crippen molar-refractivity contribution in [3.63, 3.8) is 0 Å². The van der Waals surface area contributed by atoms with Gasteiger partial charge >= 0.3 is 12.2 Å². The van der Waals surface area contributed by atoms with Crippen LogP contribution in [0.1, 0.15) is 15.9 Å². The van der Waals surface area contributed by atoms with Crippen LogP contribution in [-0.4, -0.2) is 74.2 Å². The van der Waals surface area contributed by atoms with Crippen molar-refractivity contribution >= 4 is 34.2 Å². The first-order valence-electron chi connectivity index (χ1n) is 13.7. The second kappa shape index (κ2) is 12.9. The maximum atomic E-state index is 15.0. The SMILES string of the molecule is COc1cc2nccc(Oc3ccc(NC(=O)Nc4ccc(C(=O)N5CCN(C)CC5)c(C(F)(F)F)c4)c(F)c3)c2cc1OC. The molecule has 0 saturated carbocycles. The van der Waals surface area contributed by atoms with Gasteiger partial charge in [-0.3, -0.25) is 9.78 Å². The highest BCUT2D eigenvalue weighted by molar-refractivity contribution is 6.01. The number of aromatic nitrogens is 1. The van der Waals surface area contributed by atoms with Crippen molar-refractivity contribution < 1.29 is 41.4 Å². The number of pyridine rings is 1. The molecule has 14 heteroatoms. The number of benzene rings is 3. The van der Waals surface area contributed by atoms with Gasteiger partial charge in [-0.15, -0.1) is 0 Å². The van der Waals surface area contributed by atoms with E-state index in [1.807, 2.05) is 11.9 Å². The molecule has 2 N–H and O–H groups in total. The van der Waals surface area contributed by atoms with E-state index < -0.39 is 35.1 Å². The number of piperazine rings is 1. The number of ether oxygens (including phenoxy) is 3. The zero-order valence-corrected chi connectivity index (χ0v) is 24.5. The lowest BCUT2D eigenvalue weighted by Gasteiger charge is -2.33. The van der Waals surface area contributed by atoms with Crippen LogP contribution >= 0.6 is 0 Å². The number of nitrogens with zero attached hydrogens (tertiary/aromatic N) is 3. The highest BCUT2D eigenvalue weighted by Gasteiger charge is 2.37. The number of hydrogen-bond donors (Lipinski definition) is 2. The molecule has 0 unspecified atom stereocenters. The molecule has 0 bridgehead atoms. The molecule has 236 valence electrons. The molecule has 4 aromatic rings. The molecule has 1 fully saturated rings. The number of urea groups is 1. The summed E-state index contributed by atoms with van der Waals surface area (Å²) in [5.41, 5.74) is -1.63. The lowest BCUT2D eigenvalue weighted by molar-refractivity contribution is -0.138. The van der Waals surface area contributed by atoms with Gasteiger partial charge in [0, 0.05) is 55.6 Å². The Kier molecular flexibility index (Phi) is 8.95. The Morgan fingerprint density at radius 3 is 2.24 bits per heavy atom. The van der Waals surface area contributed by atoms with Gasteiger partial charge in [0.15, 0.2) is 11.5 Å². The molecule has 3 amide bonds. The Labute approximate surface area is 255 Å². The van der Waals surface area contributed by atoms with Gasteiger partial charge in [0.05, 0.1) is 36.6 Å². The summed E-state index contributed by atoms with van der Waals surface area (Å²) in [6.07, 6.45) is -3.34. The topological polar surface area (TPSA) is 105 Å². The quantitative estimate of drug-likeness (QED) is 0.234. The molecule has 1 aromatic heterocycles. The fraction of sp³-hybridized carbons (Fsp3) is 0.258. The minimum absolute atomic E-state index is 0.108. The zero-order valence-electron chi connectivity index (χ0n) is 24.5. The van der Waals surface area contributed by atoms with Crippen LogP contribution < -0.4 is 24.8 Å². The van der Waals surface area contributed by atoms with E-state index in [0.29, 0.717) is 60.4 Å². The zero-order chi connectivity index (χ0) is 32.3. The van der Waals surface area contributed by atoms with E-state index in [-0.39, 0.29) is 17.1 Å². The van der Waals surface area contributed by atoms with Gasteiger partial charge in [-0.05, 0) is 49.5 Å². The minimum Gasteiger partial charge on any atom is -0.493 e. The summed E-state index contributed by atoms with van der Waals surface area (Å²) in [4.78, 5) is 33.1. The van der Waals surface area contributed by atoms with E-state index in [1.54, 1.807) is 18.2 Å². The number of methoxy groups -OCH3 is 2. The molecule has 2 heterocycles. The number of fused-ring (bicyclic) bond motifs is 1. The number of nitrogens with one attached hydrogen (secondary N) is 2. The first-order valence-corrected chi connectivity index (χ1v) is 13.7. The van der Waals surface area contributed by atoms with Gasteiger partial charge in [-0.25, -0.2) is 9.18 Å².